The second-order valence-electron chi connectivity index (χ2n) is 6.64. The van der Waals surface area contributed by atoms with Gasteiger partial charge >= 0.3 is 12.3 Å². The van der Waals surface area contributed by atoms with Gasteiger partial charge in [-0.05, 0) is 41.5 Å². The van der Waals surface area contributed by atoms with Gasteiger partial charge < -0.3 is 0 Å². The molecule has 32 heavy (non-hydrogen) atoms. The van der Waals surface area contributed by atoms with Crippen LogP contribution in [-0.4, -0.2) is 25.7 Å². The molecule has 0 spiro atoms. The van der Waals surface area contributed by atoms with Gasteiger partial charge in [0.25, 0.3) is 10.0 Å². The zero-order valence-electron chi connectivity index (χ0n) is 16.6. The second kappa shape index (κ2) is 10.2. The number of carbonyl (C=O) groups is 1. The van der Waals surface area contributed by atoms with E-state index < -0.39 is 28.2 Å². The monoisotopic (exact) mass is 464 g/mol. The quantitative estimate of drug-likeness (QED) is 0.475. The number of halogens is 3. The summed E-state index contributed by atoms with van der Waals surface area (Å²) in [5.74, 6) is -2.02. The van der Waals surface area contributed by atoms with Gasteiger partial charge in [0, 0.05) is 18.9 Å². The maximum absolute atomic E-state index is 13.8. The van der Waals surface area contributed by atoms with Crippen molar-refractivity contribution in [1.29, 1.82) is 0 Å². The maximum atomic E-state index is 13.8. The molecule has 1 heterocycles. The number of aromatic nitrogens is 1. The third-order valence-electron chi connectivity index (χ3n) is 4.37. The number of alkyl halides is 2. The number of rotatable bonds is 9. The lowest BCUT2D eigenvalue weighted by Crippen LogP contribution is -2.40. The molecular weight excluding hydrogens is 445 g/mol. The normalized spacial score (nSPS) is 11.4. The molecule has 0 radical (unpaired) electrons. The lowest BCUT2D eigenvalue weighted by Gasteiger charge is -2.24. The van der Waals surface area contributed by atoms with Crippen LogP contribution < -0.4 is 15.2 Å². The first kappa shape index (κ1) is 23.2. The van der Waals surface area contributed by atoms with Crippen LogP contribution in [0.4, 0.5) is 18.9 Å². The molecule has 168 valence electrons. The number of hydrogen-bond acceptors (Lipinski definition) is 5. The Morgan fingerprint density at radius 1 is 1.03 bits per heavy atom. The van der Waals surface area contributed by atoms with Gasteiger partial charge in [-0.25, -0.2) is 18.2 Å². The minimum Gasteiger partial charge on any atom is -0.286 e. The molecule has 11 heteroatoms. The molecule has 0 aliphatic rings. The Morgan fingerprint density at radius 3 is 2.38 bits per heavy atom. The number of benzene rings is 2. The average molecular weight is 464 g/mol. The minimum atomic E-state index is -4.04. The summed E-state index contributed by atoms with van der Waals surface area (Å²) < 4.78 is 65.7. The third kappa shape index (κ3) is 5.83. The molecule has 0 saturated carbocycles. The van der Waals surface area contributed by atoms with E-state index in [-0.39, 0.29) is 23.7 Å². The van der Waals surface area contributed by atoms with Crippen molar-refractivity contribution in [3.63, 3.8) is 0 Å². The number of hydrogen-bond donors (Lipinski definition) is 2. The summed E-state index contributed by atoms with van der Waals surface area (Å²) in [6, 6.07) is 14.7. The van der Waals surface area contributed by atoms with Gasteiger partial charge in [-0.15, -0.1) is 0 Å². The second-order valence-corrected chi connectivity index (χ2v) is 8.50. The lowest BCUT2D eigenvalue weighted by atomic mass is 10.1. The Balaban J connectivity index is 1.80. The first-order valence-corrected chi connectivity index (χ1v) is 10.8. The molecular formula is C21H19F3N4O3S. The molecule has 0 unspecified atom stereocenters. The predicted octanol–water partition coefficient (Wildman–Crippen LogP) is 3.00. The lowest BCUT2D eigenvalue weighted by molar-refractivity contribution is -0.132. The van der Waals surface area contributed by atoms with Crippen molar-refractivity contribution in [3.8, 4) is 0 Å². The summed E-state index contributed by atoms with van der Waals surface area (Å²) in [4.78, 5) is 14.7. The van der Waals surface area contributed by atoms with Gasteiger partial charge in [0.05, 0.1) is 12.2 Å². The summed E-state index contributed by atoms with van der Waals surface area (Å²) in [6.45, 7) is -0.00313. The summed E-state index contributed by atoms with van der Waals surface area (Å²) >= 11 is 0. The Bertz CT molecular complexity index is 1160. The van der Waals surface area contributed by atoms with E-state index in [0.717, 1.165) is 10.4 Å². The van der Waals surface area contributed by atoms with Crippen LogP contribution in [0, 0.1) is 5.82 Å². The van der Waals surface area contributed by atoms with Gasteiger partial charge in [0.2, 0.25) is 0 Å². The fraction of sp³-hybridized carbons (Fsp3) is 0.143. The summed E-state index contributed by atoms with van der Waals surface area (Å²) in [5.41, 5.74) is 5.67. The highest BCUT2D eigenvalue weighted by Gasteiger charge is 2.26. The largest absolute Gasteiger partial charge is 0.316 e. The fourth-order valence-corrected chi connectivity index (χ4v) is 4.20. The van der Waals surface area contributed by atoms with E-state index >= 15 is 0 Å². The molecule has 3 rings (SSSR count). The first-order valence-electron chi connectivity index (χ1n) is 9.34. The summed E-state index contributed by atoms with van der Waals surface area (Å²) in [7, 11) is -4.04. The van der Waals surface area contributed by atoms with Crippen molar-refractivity contribution in [2.24, 2.45) is 0 Å². The van der Waals surface area contributed by atoms with Crippen LogP contribution in [-0.2, 0) is 27.9 Å². The van der Waals surface area contributed by atoms with Crippen molar-refractivity contribution in [3.05, 3.63) is 90.0 Å². The van der Waals surface area contributed by atoms with E-state index in [0.29, 0.717) is 11.1 Å². The molecule has 0 bridgehead atoms. The molecule has 0 aliphatic heterocycles. The predicted molar refractivity (Wildman–Crippen MR) is 111 cm³/mol. The van der Waals surface area contributed by atoms with Crippen LogP contribution in [0.2, 0.25) is 0 Å². The van der Waals surface area contributed by atoms with Crippen molar-refractivity contribution in [2.45, 2.75) is 24.4 Å². The molecule has 0 aliphatic carbocycles. The average Bonchev–Trinajstić information content (AvgIpc) is 2.78. The van der Waals surface area contributed by atoms with Gasteiger partial charge in [0.15, 0.2) is 0 Å². The van der Waals surface area contributed by atoms with E-state index in [2.05, 4.69) is 10.4 Å². The molecule has 7 nitrogen and oxygen atoms in total. The smallest absolute Gasteiger partial charge is 0.286 e. The third-order valence-corrected chi connectivity index (χ3v) is 6.13. The summed E-state index contributed by atoms with van der Waals surface area (Å²) in [5, 5.41) is 0. The standard InChI is InChI=1S/C21H19F3N4O3S/c22-17-3-1-4-18(11-17)28(32(30,31)19-5-2-10-25-13-19)14-16-8-6-15(7-9-16)12-26-27-21(29)20(23)24/h1-11,13,20,26H,12,14H2,(H,27,29). The first-order chi connectivity index (χ1) is 15.3. The fourth-order valence-electron chi connectivity index (χ4n) is 2.79. The van der Waals surface area contributed by atoms with E-state index in [9.17, 15) is 26.4 Å². The number of nitrogens with one attached hydrogen (secondary N) is 2. The van der Waals surface area contributed by atoms with Crippen LogP contribution in [0.5, 0.6) is 0 Å². The van der Waals surface area contributed by atoms with E-state index in [1.54, 1.807) is 24.3 Å². The van der Waals surface area contributed by atoms with Crippen molar-refractivity contribution in [1.82, 2.24) is 15.8 Å². The number of nitrogens with zero attached hydrogens (tertiary/aromatic N) is 2. The number of sulfonamides is 1. The zero-order chi connectivity index (χ0) is 23.1. The maximum Gasteiger partial charge on any atom is 0.316 e. The Labute approximate surface area is 182 Å². The Kier molecular flexibility index (Phi) is 7.44. The number of anilines is 1. The van der Waals surface area contributed by atoms with Crippen LogP contribution >= 0.6 is 0 Å². The van der Waals surface area contributed by atoms with Crippen LogP contribution in [0.15, 0.2) is 78.0 Å². The van der Waals surface area contributed by atoms with Crippen molar-refractivity contribution < 1.29 is 26.4 Å². The highest BCUT2D eigenvalue weighted by molar-refractivity contribution is 7.92. The van der Waals surface area contributed by atoms with Gasteiger partial charge in [-0.3, -0.25) is 19.5 Å². The Hall–Kier alpha value is -3.44. The number of hydrazine groups is 1. The number of pyridine rings is 1. The van der Waals surface area contributed by atoms with Crippen LogP contribution in [0.1, 0.15) is 11.1 Å². The highest BCUT2D eigenvalue weighted by Crippen LogP contribution is 2.26. The van der Waals surface area contributed by atoms with Gasteiger partial charge in [0.1, 0.15) is 10.7 Å². The molecule has 3 aromatic rings. The van der Waals surface area contributed by atoms with Gasteiger partial charge in [-0.2, -0.15) is 8.78 Å². The van der Waals surface area contributed by atoms with E-state index in [4.69, 9.17) is 0 Å². The van der Waals surface area contributed by atoms with E-state index in [1.807, 2.05) is 5.43 Å². The topological polar surface area (TPSA) is 91.4 Å². The van der Waals surface area contributed by atoms with Crippen molar-refractivity contribution in [2.75, 3.05) is 4.31 Å². The highest BCUT2D eigenvalue weighted by atomic mass is 32.2. The molecule has 0 fully saturated rings. The zero-order valence-corrected chi connectivity index (χ0v) is 17.4. The minimum absolute atomic E-state index is 0.0418. The molecule has 0 saturated heterocycles. The SMILES string of the molecule is O=C(NNCc1ccc(CN(c2cccc(F)c2)S(=O)(=O)c2cccnc2)cc1)C(F)F. The molecule has 2 N–H and O–H groups in total. The number of carbonyl (C=O) groups excluding carboxylic acids is 1. The molecule has 1 aromatic heterocycles. The molecule has 0 atom stereocenters. The van der Waals surface area contributed by atoms with Crippen LogP contribution in [0.3, 0.4) is 0 Å². The summed E-state index contributed by atoms with van der Waals surface area (Å²) in [6.07, 6.45) is -0.466. The Morgan fingerprint density at radius 2 is 1.75 bits per heavy atom. The van der Waals surface area contributed by atoms with Gasteiger partial charge in [-0.1, -0.05) is 30.3 Å². The number of amides is 1. The van der Waals surface area contributed by atoms with E-state index in [1.165, 1.54) is 42.7 Å². The van der Waals surface area contributed by atoms with Crippen LogP contribution in [0.25, 0.3) is 0 Å². The molecule has 2 aromatic carbocycles. The van der Waals surface area contributed by atoms with Crippen molar-refractivity contribution >= 4 is 21.6 Å². The molecule has 1 amide bonds.